The summed E-state index contributed by atoms with van der Waals surface area (Å²) in [7, 11) is 1.59. The van der Waals surface area contributed by atoms with Gasteiger partial charge in [0.05, 0.1) is 0 Å². The highest BCUT2D eigenvalue weighted by Gasteiger charge is 2.34. The quantitative estimate of drug-likeness (QED) is 0.354. The Morgan fingerprint density at radius 1 is 0.974 bits per heavy atom. The minimum absolute atomic E-state index is 0.346. The van der Waals surface area contributed by atoms with Crippen LogP contribution in [0.25, 0.3) is 10.8 Å². The van der Waals surface area contributed by atoms with Crippen LogP contribution < -0.4 is 10.6 Å². The summed E-state index contributed by atoms with van der Waals surface area (Å²) in [6.07, 6.45) is 1.67. The maximum Gasteiger partial charge on any atom is 0.408 e. The third-order valence-electron chi connectivity index (χ3n) is 5.99. The van der Waals surface area contributed by atoms with Gasteiger partial charge in [-0.1, -0.05) is 60.2 Å². The van der Waals surface area contributed by atoms with E-state index in [2.05, 4.69) is 10.6 Å². The molecule has 0 radical (unpaired) electrons. The first-order chi connectivity index (χ1) is 18.0. The highest BCUT2D eigenvalue weighted by Crippen LogP contribution is 2.25. The molecule has 7 nitrogen and oxygen atoms in total. The topological polar surface area (TPSA) is 87.7 Å². The van der Waals surface area contributed by atoms with Crippen LogP contribution in [-0.4, -0.2) is 53.5 Å². The van der Waals surface area contributed by atoms with Gasteiger partial charge in [0, 0.05) is 12.7 Å². The molecule has 2 atom stereocenters. The first kappa shape index (κ1) is 29.0. The second-order valence-corrected chi connectivity index (χ2v) is 11.3. The van der Waals surface area contributed by atoms with Crippen LogP contribution in [0.15, 0.2) is 66.7 Å². The molecule has 202 valence electrons. The van der Waals surface area contributed by atoms with Crippen molar-refractivity contribution < 1.29 is 19.1 Å². The van der Waals surface area contributed by atoms with Crippen LogP contribution in [0.2, 0.25) is 0 Å². The van der Waals surface area contributed by atoms with E-state index in [1.54, 1.807) is 39.6 Å². The molecule has 3 aromatic carbocycles. The predicted octanol–water partition coefficient (Wildman–Crippen LogP) is 5.93. The van der Waals surface area contributed by atoms with Crippen LogP contribution >= 0.6 is 11.8 Å². The summed E-state index contributed by atoms with van der Waals surface area (Å²) in [4.78, 5) is 41.4. The van der Waals surface area contributed by atoms with Crippen LogP contribution in [0.1, 0.15) is 44.4 Å². The molecule has 2 unspecified atom stereocenters. The number of anilines is 1. The standard InChI is InChI=1S/C30H37N3O4S/c1-20-11-13-22(14-12-20)26(27(34)31-24-16-15-21-9-7-8-10-23(21)19-24)33(5)28(35)25(17-18-38-6)32-29(36)37-30(2,3)4/h7-16,19,25-26H,17-18H2,1-6H3,(H,31,34)(H,32,36). The van der Waals surface area contributed by atoms with Gasteiger partial charge in [0.25, 0.3) is 5.91 Å². The largest absolute Gasteiger partial charge is 0.444 e. The van der Waals surface area contributed by atoms with Gasteiger partial charge in [-0.25, -0.2) is 4.79 Å². The van der Waals surface area contributed by atoms with Crippen LogP contribution in [0.3, 0.4) is 0 Å². The number of rotatable bonds is 9. The van der Waals surface area contributed by atoms with Crippen molar-refractivity contribution in [1.82, 2.24) is 10.2 Å². The molecule has 38 heavy (non-hydrogen) atoms. The van der Waals surface area contributed by atoms with Gasteiger partial charge >= 0.3 is 6.09 Å². The number of likely N-dealkylation sites (N-methyl/N-ethyl adjacent to an activating group) is 1. The number of nitrogens with one attached hydrogen (secondary N) is 2. The Kier molecular flexibility index (Phi) is 9.80. The Hall–Kier alpha value is -3.52. The molecular weight excluding hydrogens is 498 g/mol. The van der Waals surface area contributed by atoms with Crippen molar-refractivity contribution in [2.45, 2.75) is 51.8 Å². The number of hydrogen-bond donors (Lipinski definition) is 2. The third kappa shape index (κ3) is 7.99. The summed E-state index contributed by atoms with van der Waals surface area (Å²) >= 11 is 1.57. The molecule has 2 N–H and O–H groups in total. The molecule has 0 aliphatic rings. The van der Waals surface area contributed by atoms with E-state index >= 15 is 0 Å². The number of benzene rings is 3. The average Bonchev–Trinajstić information content (AvgIpc) is 2.86. The van der Waals surface area contributed by atoms with E-state index in [0.29, 0.717) is 23.4 Å². The van der Waals surface area contributed by atoms with Gasteiger partial charge in [-0.15, -0.1) is 0 Å². The Labute approximate surface area is 229 Å². The summed E-state index contributed by atoms with van der Waals surface area (Å²) < 4.78 is 5.39. The van der Waals surface area contributed by atoms with Crippen LogP contribution in [-0.2, 0) is 14.3 Å². The van der Waals surface area contributed by atoms with Gasteiger partial charge < -0.3 is 20.3 Å². The minimum Gasteiger partial charge on any atom is -0.444 e. The van der Waals surface area contributed by atoms with Gasteiger partial charge in [-0.3, -0.25) is 9.59 Å². The molecule has 3 aromatic rings. The molecule has 0 heterocycles. The highest BCUT2D eigenvalue weighted by molar-refractivity contribution is 7.98. The summed E-state index contributed by atoms with van der Waals surface area (Å²) in [6, 6.07) is 19.4. The van der Waals surface area contributed by atoms with Crippen molar-refractivity contribution in [2.75, 3.05) is 24.4 Å². The van der Waals surface area contributed by atoms with E-state index in [9.17, 15) is 14.4 Å². The molecular formula is C30H37N3O4S. The Balaban J connectivity index is 1.89. The number of amides is 3. The van der Waals surface area contributed by atoms with Crippen molar-refractivity contribution in [3.63, 3.8) is 0 Å². The summed E-state index contributed by atoms with van der Waals surface area (Å²) in [6.45, 7) is 7.26. The zero-order valence-electron chi connectivity index (χ0n) is 22.9. The molecule has 0 spiro atoms. The number of alkyl carbamates (subject to hydrolysis) is 1. The van der Waals surface area contributed by atoms with Crippen LogP contribution in [0.4, 0.5) is 10.5 Å². The monoisotopic (exact) mass is 535 g/mol. The van der Waals surface area contributed by atoms with E-state index in [1.807, 2.05) is 79.9 Å². The summed E-state index contributed by atoms with van der Waals surface area (Å²) in [5.41, 5.74) is 1.65. The van der Waals surface area contributed by atoms with E-state index in [1.165, 1.54) is 4.90 Å². The minimum atomic E-state index is -0.910. The maximum absolute atomic E-state index is 13.7. The lowest BCUT2D eigenvalue weighted by molar-refractivity contribution is -0.139. The van der Waals surface area contributed by atoms with Crippen LogP contribution in [0, 0.1) is 6.92 Å². The van der Waals surface area contributed by atoms with E-state index < -0.39 is 23.8 Å². The normalized spacial score (nSPS) is 12.9. The number of carbonyl (C=O) groups is 3. The molecule has 3 amide bonds. The number of thioether (sulfide) groups is 1. The fourth-order valence-electron chi connectivity index (χ4n) is 4.09. The van der Waals surface area contributed by atoms with Crippen molar-refractivity contribution in [1.29, 1.82) is 0 Å². The van der Waals surface area contributed by atoms with Crippen molar-refractivity contribution in [3.8, 4) is 0 Å². The SMILES string of the molecule is CSCCC(NC(=O)OC(C)(C)C)C(=O)N(C)C(C(=O)Nc1ccc2ccccc2c1)c1ccc(C)cc1. The number of aryl methyl sites for hydroxylation is 1. The fraction of sp³-hybridized carbons (Fsp3) is 0.367. The summed E-state index contributed by atoms with van der Waals surface area (Å²) in [5.74, 6) is -0.0663. The van der Waals surface area contributed by atoms with Crippen molar-refractivity contribution in [2.24, 2.45) is 0 Å². The molecule has 0 aliphatic heterocycles. The zero-order valence-corrected chi connectivity index (χ0v) is 23.7. The van der Waals surface area contributed by atoms with Crippen molar-refractivity contribution in [3.05, 3.63) is 77.9 Å². The number of nitrogens with zero attached hydrogens (tertiary/aromatic N) is 1. The second kappa shape index (κ2) is 12.8. The first-order valence-electron chi connectivity index (χ1n) is 12.6. The molecule has 0 aromatic heterocycles. The lowest BCUT2D eigenvalue weighted by Gasteiger charge is -2.31. The van der Waals surface area contributed by atoms with Gasteiger partial charge in [-0.05, 0) is 74.6 Å². The molecule has 0 saturated carbocycles. The van der Waals surface area contributed by atoms with E-state index in [0.717, 1.165) is 16.3 Å². The molecule has 0 fully saturated rings. The number of fused-ring (bicyclic) bond motifs is 1. The predicted molar refractivity (Wildman–Crippen MR) is 155 cm³/mol. The Morgan fingerprint density at radius 3 is 2.26 bits per heavy atom. The number of carbonyl (C=O) groups excluding carboxylic acids is 3. The lowest BCUT2D eigenvalue weighted by atomic mass is 10.0. The Bertz CT molecular complexity index is 1270. The van der Waals surface area contributed by atoms with Gasteiger partial charge in [0.1, 0.15) is 17.7 Å². The third-order valence-corrected chi connectivity index (χ3v) is 6.64. The fourth-order valence-corrected chi connectivity index (χ4v) is 4.56. The van der Waals surface area contributed by atoms with Crippen LogP contribution in [0.5, 0.6) is 0 Å². The first-order valence-corrected chi connectivity index (χ1v) is 14.0. The van der Waals surface area contributed by atoms with Gasteiger partial charge in [-0.2, -0.15) is 11.8 Å². The molecule has 8 heteroatoms. The second-order valence-electron chi connectivity index (χ2n) is 10.3. The van der Waals surface area contributed by atoms with Crippen molar-refractivity contribution >= 4 is 46.1 Å². The lowest BCUT2D eigenvalue weighted by Crippen LogP contribution is -2.51. The number of ether oxygens (including phenoxy) is 1. The van der Waals surface area contributed by atoms with Gasteiger partial charge in [0.15, 0.2) is 0 Å². The molecule has 0 aliphatic carbocycles. The summed E-state index contributed by atoms with van der Waals surface area (Å²) in [5, 5.41) is 7.77. The molecule has 3 rings (SSSR count). The number of hydrogen-bond acceptors (Lipinski definition) is 5. The zero-order chi connectivity index (χ0) is 27.9. The average molecular weight is 536 g/mol. The van der Waals surface area contributed by atoms with Gasteiger partial charge in [0.2, 0.25) is 5.91 Å². The van der Waals surface area contributed by atoms with E-state index in [4.69, 9.17) is 4.74 Å². The Morgan fingerprint density at radius 2 is 1.63 bits per heavy atom. The smallest absolute Gasteiger partial charge is 0.408 e. The maximum atomic E-state index is 13.7. The highest BCUT2D eigenvalue weighted by atomic mass is 32.2. The molecule has 0 bridgehead atoms. The van der Waals surface area contributed by atoms with E-state index in [-0.39, 0.29) is 11.8 Å². The molecule has 0 saturated heterocycles.